The van der Waals surface area contributed by atoms with Gasteiger partial charge in [0, 0.05) is 18.3 Å². The Balaban J connectivity index is 2.17. The number of anilines is 1. The highest BCUT2D eigenvalue weighted by Gasteiger charge is 2.34. The van der Waals surface area contributed by atoms with Gasteiger partial charge in [0.25, 0.3) is 0 Å². The first-order chi connectivity index (χ1) is 8.63. The van der Waals surface area contributed by atoms with E-state index in [9.17, 15) is 9.18 Å². The van der Waals surface area contributed by atoms with Crippen molar-refractivity contribution in [3.05, 3.63) is 30.1 Å². The molecule has 0 aromatic heterocycles. The lowest BCUT2D eigenvalue weighted by Gasteiger charge is -2.25. The molecule has 2 N–H and O–H groups in total. The van der Waals surface area contributed by atoms with Crippen LogP contribution in [0, 0.1) is 11.7 Å². The summed E-state index contributed by atoms with van der Waals surface area (Å²) in [6.45, 7) is 3.17. The van der Waals surface area contributed by atoms with Gasteiger partial charge in [-0.05, 0) is 31.2 Å². The summed E-state index contributed by atoms with van der Waals surface area (Å²) in [5.74, 6) is -0.688. The van der Waals surface area contributed by atoms with E-state index in [-0.39, 0.29) is 23.7 Å². The van der Waals surface area contributed by atoms with Crippen molar-refractivity contribution in [2.24, 2.45) is 11.7 Å². The Morgan fingerprint density at radius 2 is 2.11 bits per heavy atom. The molecule has 1 aromatic carbocycles. The van der Waals surface area contributed by atoms with Crippen LogP contribution in [0.2, 0.25) is 0 Å². The Morgan fingerprint density at radius 3 is 2.61 bits per heavy atom. The molecule has 0 radical (unpaired) electrons. The van der Waals surface area contributed by atoms with E-state index in [0.717, 1.165) is 0 Å². The zero-order valence-electron chi connectivity index (χ0n) is 10.3. The topological polar surface area (TPSA) is 55.6 Å². The standard InChI is InChI=1S/C13H17FN2O2/c1-2-16(10-5-3-9(14)4-6-10)13(17)11-7-18-8-12(11)15/h3-6,11-12H,2,7-8,15H2,1H3. The molecule has 1 amide bonds. The number of hydrogen-bond acceptors (Lipinski definition) is 3. The third kappa shape index (κ3) is 2.52. The molecule has 0 spiro atoms. The summed E-state index contributed by atoms with van der Waals surface area (Å²) >= 11 is 0. The fourth-order valence-corrected chi connectivity index (χ4v) is 2.11. The van der Waals surface area contributed by atoms with E-state index >= 15 is 0 Å². The van der Waals surface area contributed by atoms with Gasteiger partial charge in [-0.1, -0.05) is 0 Å². The molecule has 1 saturated heterocycles. The van der Waals surface area contributed by atoms with Gasteiger partial charge >= 0.3 is 0 Å². The lowest BCUT2D eigenvalue weighted by Crippen LogP contribution is -2.43. The minimum absolute atomic E-state index is 0.0610. The van der Waals surface area contributed by atoms with E-state index in [1.54, 1.807) is 17.0 Å². The highest BCUT2D eigenvalue weighted by molar-refractivity contribution is 5.95. The molecule has 0 saturated carbocycles. The lowest BCUT2D eigenvalue weighted by atomic mass is 10.0. The molecular weight excluding hydrogens is 235 g/mol. The molecule has 98 valence electrons. The van der Waals surface area contributed by atoms with Gasteiger partial charge in [-0.25, -0.2) is 4.39 Å². The molecule has 1 aliphatic rings. The molecule has 0 aliphatic carbocycles. The van der Waals surface area contributed by atoms with Gasteiger partial charge in [-0.2, -0.15) is 0 Å². The summed E-state index contributed by atoms with van der Waals surface area (Å²) in [5.41, 5.74) is 6.53. The number of nitrogens with zero attached hydrogens (tertiary/aromatic N) is 1. The average Bonchev–Trinajstić information content (AvgIpc) is 2.78. The molecule has 18 heavy (non-hydrogen) atoms. The quantitative estimate of drug-likeness (QED) is 0.878. The highest BCUT2D eigenvalue weighted by Crippen LogP contribution is 2.21. The van der Waals surface area contributed by atoms with Crippen LogP contribution in [-0.2, 0) is 9.53 Å². The van der Waals surface area contributed by atoms with Gasteiger partial charge < -0.3 is 15.4 Å². The van der Waals surface area contributed by atoms with Crippen LogP contribution in [0.25, 0.3) is 0 Å². The number of carbonyl (C=O) groups excluding carboxylic acids is 1. The Morgan fingerprint density at radius 1 is 1.44 bits per heavy atom. The van der Waals surface area contributed by atoms with Gasteiger partial charge in [0.05, 0.1) is 19.1 Å². The minimum atomic E-state index is -0.317. The molecule has 2 unspecified atom stereocenters. The van der Waals surface area contributed by atoms with Crippen LogP contribution in [0.4, 0.5) is 10.1 Å². The molecule has 4 nitrogen and oxygen atoms in total. The van der Waals surface area contributed by atoms with Crippen LogP contribution in [0.3, 0.4) is 0 Å². The second-order valence-electron chi connectivity index (χ2n) is 4.37. The smallest absolute Gasteiger partial charge is 0.234 e. The predicted octanol–water partition coefficient (Wildman–Crippen LogP) is 1.15. The summed E-state index contributed by atoms with van der Waals surface area (Å²) < 4.78 is 18.1. The van der Waals surface area contributed by atoms with Gasteiger partial charge in [-0.3, -0.25) is 4.79 Å². The van der Waals surface area contributed by atoms with E-state index in [2.05, 4.69) is 0 Å². The normalized spacial score (nSPS) is 23.1. The number of nitrogens with two attached hydrogens (primary N) is 1. The van der Waals surface area contributed by atoms with E-state index < -0.39 is 0 Å². The van der Waals surface area contributed by atoms with Crippen LogP contribution in [-0.4, -0.2) is 31.7 Å². The Hall–Kier alpha value is -1.46. The number of benzene rings is 1. The van der Waals surface area contributed by atoms with Crippen LogP contribution < -0.4 is 10.6 Å². The third-order valence-corrected chi connectivity index (χ3v) is 3.16. The van der Waals surface area contributed by atoms with Crippen molar-refractivity contribution >= 4 is 11.6 Å². The number of rotatable bonds is 3. The second-order valence-corrected chi connectivity index (χ2v) is 4.37. The van der Waals surface area contributed by atoms with Gasteiger partial charge in [0.15, 0.2) is 0 Å². The van der Waals surface area contributed by atoms with E-state index in [1.165, 1.54) is 12.1 Å². The summed E-state index contributed by atoms with van der Waals surface area (Å²) in [5, 5.41) is 0. The van der Waals surface area contributed by atoms with Crippen molar-refractivity contribution in [1.29, 1.82) is 0 Å². The third-order valence-electron chi connectivity index (χ3n) is 3.16. The zero-order chi connectivity index (χ0) is 13.1. The molecule has 0 bridgehead atoms. The first-order valence-corrected chi connectivity index (χ1v) is 6.03. The average molecular weight is 252 g/mol. The fourth-order valence-electron chi connectivity index (χ4n) is 2.11. The fraction of sp³-hybridized carbons (Fsp3) is 0.462. The SMILES string of the molecule is CCN(C(=O)C1COCC1N)c1ccc(F)cc1. The van der Waals surface area contributed by atoms with E-state index in [1.807, 2.05) is 6.92 Å². The monoisotopic (exact) mass is 252 g/mol. The molecule has 5 heteroatoms. The Kier molecular flexibility index (Phi) is 3.93. The summed E-state index contributed by atoms with van der Waals surface area (Å²) in [6, 6.07) is 5.62. The van der Waals surface area contributed by atoms with Crippen molar-refractivity contribution in [3.63, 3.8) is 0 Å². The molecule has 1 aliphatic heterocycles. The molecule has 1 aromatic rings. The van der Waals surface area contributed by atoms with E-state index in [0.29, 0.717) is 25.4 Å². The second kappa shape index (κ2) is 5.46. The Bertz CT molecular complexity index is 422. The molecule has 2 rings (SSSR count). The number of halogens is 1. The van der Waals surface area contributed by atoms with E-state index in [4.69, 9.17) is 10.5 Å². The highest BCUT2D eigenvalue weighted by atomic mass is 19.1. The van der Waals surface area contributed by atoms with Crippen LogP contribution >= 0.6 is 0 Å². The van der Waals surface area contributed by atoms with Gasteiger partial charge in [0.2, 0.25) is 5.91 Å². The predicted molar refractivity (Wildman–Crippen MR) is 66.7 cm³/mol. The molecule has 1 fully saturated rings. The van der Waals surface area contributed by atoms with Gasteiger partial charge in [-0.15, -0.1) is 0 Å². The maximum Gasteiger partial charge on any atom is 0.234 e. The number of ether oxygens (including phenoxy) is 1. The van der Waals surface area contributed by atoms with Crippen molar-refractivity contribution in [1.82, 2.24) is 0 Å². The summed E-state index contributed by atoms with van der Waals surface area (Å²) in [7, 11) is 0. The maximum absolute atomic E-state index is 12.9. The van der Waals surface area contributed by atoms with Crippen molar-refractivity contribution < 1.29 is 13.9 Å². The number of amides is 1. The first-order valence-electron chi connectivity index (χ1n) is 6.03. The number of carbonyl (C=O) groups is 1. The first kappa shape index (κ1) is 13.0. The van der Waals surface area contributed by atoms with Crippen molar-refractivity contribution in [2.45, 2.75) is 13.0 Å². The number of hydrogen-bond donors (Lipinski definition) is 1. The maximum atomic E-state index is 12.9. The Labute approximate surface area is 106 Å². The van der Waals surface area contributed by atoms with Crippen LogP contribution in [0.5, 0.6) is 0 Å². The molecular formula is C13H17FN2O2. The summed E-state index contributed by atoms with van der Waals surface area (Å²) in [6.07, 6.45) is 0. The van der Waals surface area contributed by atoms with Crippen LogP contribution in [0.15, 0.2) is 24.3 Å². The molecule has 1 heterocycles. The molecule has 2 atom stereocenters. The minimum Gasteiger partial charge on any atom is -0.379 e. The van der Waals surface area contributed by atoms with Crippen molar-refractivity contribution in [3.8, 4) is 0 Å². The zero-order valence-corrected chi connectivity index (χ0v) is 10.3. The van der Waals surface area contributed by atoms with Gasteiger partial charge in [0.1, 0.15) is 5.82 Å². The lowest BCUT2D eigenvalue weighted by molar-refractivity contribution is -0.122. The van der Waals surface area contributed by atoms with Crippen LogP contribution in [0.1, 0.15) is 6.92 Å². The van der Waals surface area contributed by atoms with Crippen molar-refractivity contribution in [2.75, 3.05) is 24.7 Å². The summed E-state index contributed by atoms with van der Waals surface area (Å²) in [4.78, 5) is 14.0. The largest absolute Gasteiger partial charge is 0.379 e.